The Hall–Kier alpha value is -1.88. The Kier molecular flexibility index (Phi) is 6.30. The summed E-state index contributed by atoms with van der Waals surface area (Å²) in [4.78, 5) is 27.1. The van der Waals surface area contributed by atoms with Crippen molar-refractivity contribution in [1.82, 2.24) is 10.2 Å². The number of rotatable bonds is 5. The number of nitrogens with zero attached hydrogens (tertiary/aromatic N) is 1. The van der Waals surface area contributed by atoms with Crippen LogP contribution in [0, 0.1) is 18.8 Å². The first-order valence-corrected chi connectivity index (χ1v) is 9.95. The van der Waals surface area contributed by atoms with Crippen LogP contribution in [0.25, 0.3) is 0 Å². The molecule has 0 radical (unpaired) electrons. The summed E-state index contributed by atoms with van der Waals surface area (Å²) < 4.78 is 0. The first-order valence-electron chi connectivity index (χ1n) is 9.95. The summed E-state index contributed by atoms with van der Waals surface area (Å²) >= 11 is 0. The molecule has 2 unspecified atom stereocenters. The first-order chi connectivity index (χ1) is 12.6. The smallest absolute Gasteiger partial charge is 0.254 e. The predicted octanol–water partition coefficient (Wildman–Crippen LogP) is 3.20. The fourth-order valence-corrected chi connectivity index (χ4v) is 4.12. The molecular formula is C21H31N3O2. The van der Waals surface area contributed by atoms with E-state index in [1.807, 2.05) is 30.0 Å². The van der Waals surface area contributed by atoms with Gasteiger partial charge in [-0.1, -0.05) is 13.0 Å². The number of carbonyl (C=O) groups excluding carboxylic acids is 2. The molecule has 2 N–H and O–H groups in total. The number of amides is 2. The third-order valence-electron chi connectivity index (χ3n) is 5.88. The van der Waals surface area contributed by atoms with Gasteiger partial charge in [0.25, 0.3) is 5.91 Å². The summed E-state index contributed by atoms with van der Waals surface area (Å²) in [6, 6.07) is 5.61. The van der Waals surface area contributed by atoms with E-state index in [9.17, 15) is 9.59 Å². The summed E-state index contributed by atoms with van der Waals surface area (Å²) in [5, 5.41) is 6.46. The molecule has 2 atom stereocenters. The van der Waals surface area contributed by atoms with E-state index in [1.54, 1.807) is 0 Å². The Balaban J connectivity index is 1.62. The van der Waals surface area contributed by atoms with Crippen molar-refractivity contribution in [2.45, 2.75) is 46.0 Å². The largest absolute Gasteiger partial charge is 0.339 e. The highest BCUT2D eigenvalue weighted by Crippen LogP contribution is 2.25. The van der Waals surface area contributed by atoms with Crippen LogP contribution in [0.5, 0.6) is 0 Å². The number of likely N-dealkylation sites (tertiary alicyclic amines) is 1. The monoisotopic (exact) mass is 357 g/mol. The second-order valence-corrected chi connectivity index (χ2v) is 7.81. The van der Waals surface area contributed by atoms with Crippen LogP contribution in [0.2, 0.25) is 0 Å². The molecule has 0 saturated carbocycles. The zero-order valence-electron chi connectivity index (χ0n) is 16.0. The topological polar surface area (TPSA) is 61.4 Å². The molecule has 0 spiro atoms. The Bertz CT molecular complexity index is 647. The van der Waals surface area contributed by atoms with Gasteiger partial charge in [0.15, 0.2) is 0 Å². The minimum atomic E-state index is 0.0388. The number of benzene rings is 1. The van der Waals surface area contributed by atoms with Crippen LogP contribution in [0.3, 0.4) is 0 Å². The van der Waals surface area contributed by atoms with E-state index >= 15 is 0 Å². The van der Waals surface area contributed by atoms with E-state index in [0.29, 0.717) is 23.8 Å². The maximum atomic E-state index is 12.7. The van der Waals surface area contributed by atoms with Crippen molar-refractivity contribution in [2.24, 2.45) is 11.8 Å². The lowest BCUT2D eigenvalue weighted by Crippen LogP contribution is -2.34. The number of nitrogens with one attached hydrogen (secondary N) is 2. The van der Waals surface area contributed by atoms with Crippen molar-refractivity contribution in [3.05, 3.63) is 29.3 Å². The lowest BCUT2D eigenvalue weighted by atomic mass is 9.85. The van der Waals surface area contributed by atoms with Crippen LogP contribution < -0.4 is 10.6 Å². The zero-order valence-corrected chi connectivity index (χ0v) is 16.0. The lowest BCUT2D eigenvalue weighted by Gasteiger charge is -2.28. The van der Waals surface area contributed by atoms with E-state index in [2.05, 4.69) is 17.6 Å². The summed E-state index contributed by atoms with van der Waals surface area (Å²) in [6.45, 7) is 7.86. The fourth-order valence-electron chi connectivity index (χ4n) is 4.12. The summed E-state index contributed by atoms with van der Waals surface area (Å²) in [5.41, 5.74) is 2.33. The van der Waals surface area contributed by atoms with Crippen LogP contribution >= 0.6 is 0 Å². The number of piperidine rings is 1. The lowest BCUT2D eigenvalue weighted by molar-refractivity contribution is -0.117. The molecule has 0 aromatic heterocycles. The average Bonchev–Trinajstić information content (AvgIpc) is 3.18. The molecule has 26 heavy (non-hydrogen) atoms. The van der Waals surface area contributed by atoms with Crippen molar-refractivity contribution in [3.8, 4) is 0 Å². The van der Waals surface area contributed by atoms with Gasteiger partial charge in [0.05, 0.1) is 0 Å². The standard InChI is InChI=1S/C21H31N3O2/c1-15(17-7-6-10-22-14-17)13-20(25)23-19-9-5-8-18(16(19)2)21(26)24-11-3-4-12-24/h5,8-9,15,17,22H,3-4,6-7,10-14H2,1-2H3,(H,23,25). The van der Waals surface area contributed by atoms with Crippen LogP contribution in [0.15, 0.2) is 18.2 Å². The molecule has 2 aliphatic heterocycles. The van der Waals surface area contributed by atoms with E-state index < -0.39 is 0 Å². The second kappa shape index (κ2) is 8.67. The maximum Gasteiger partial charge on any atom is 0.254 e. The van der Waals surface area contributed by atoms with Crippen molar-refractivity contribution in [1.29, 1.82) is 0 Å². The van der Waals surface area contributed by atoms with Crippen LogP contribution in [-0.2, 0) is 4.79 Å². The molecule has 2 heterocycles. The van der Waals surface area contributed by atoms with Crippen LogP contribution in [0.4, 0.5) is 5.69 Å². The normalized spacial score (nSPS) is 21.5. The second-order valence-electron chi connectivity index (χ2n) is 7.81. The van der Waals surface area contributed by atoms with Crippen molar-refractivity contribution >= 4 is 17.5 Å². The number of anilines is 1. The highest BCUT2D eigenvalue weighted by Gasteiger charge is 2.24. The molecule has 2 saturated heterocycles. The number of carbonyl (C=O) groups is 2. The van der Waals surface area contributed by atoms with Crippen molar-refractivity contribution in [2.75, 3.05) is 31.5 Å². The molecule has 1 aromatic rings. The van der Waals surface area contributed by atoms with Gasteiger partial charge in [-0.2, -0.15) is 0 Å². The van der Waals surface area contributed by atoms with Crippen molar-refractivity contribution in [3.63, 3.8) is 0 Å². The van der Waals surface area contributed by atoms with E-state index in [-0.39, 0.29) is 11.8 Å². The third-order valence-corrected chi connectivity index (χ3v) is 5.88. The molecule has 0 aliphatic carbocycles. The molecule has 1 aromatic carbocycles. The Morgan fingerprint density at radius 3 is 2.73 bits per heavy atom. The molecule has 5 nitrogen and oxygen atoms in total. The van der Waals surface area contributed by atoms with E-state index in [0.717, 1.165) is 50.3 Å². The van der Waals surface area contributed by atoms with Gasteiger partial charge in [0, 0.05) is 30.8 Å². The highest BCUT2D eigenvalue weighted by atomic mass is 16.2. The molecule has 142 valence electrons. The van der Waals surface area contributed by atoms with Crippen molar-refractivity contribution < 1.29 is 9.59 Å². The summed E-state index contributed by atoms with van der Waals surface area (Å²) in [5.74, 6) is 1.05. The quantitative estimate of drug-likeness (QED) is 0.851. The Labute approximate surface area is 156 Å². The SMILES string of the molecule is Cc1c(NC(=O)CC(C)C2CCCNC2)cccc1C(=O)N1CCCC1. The highest BCUT2D eigenvalue weighted by molar-refractivity contribution is 5.99. The summed E-state index contributed by atoms with van der Waals surface area (Å²) in [7, 11) is 0. The fraction of sp³-hybridized carbons (Fsp3) is 0.619. The average molecular weight is 357 g/mol. The number of hydrogen-bond donors (Lipinski definition) is 2. The van der Waals surface area contributed by atoms with Crippen LogP contribution in [-0.4, -0.2) is 42.9 Å². The predicted molar refractivity (Wildman–Crippen MR) is 104 cm³/mol. The van der Waals surface area contributed by atoms with Gasteiger partial charge in [-0.15, -0.1) is 0 Å². The summed E-state index contributed by atoms with van der Waals surface area (Å²) in [6.07, 6.45) is 5.07. The van der Waals surface area contributed by atoms with Gasteiger partial charge in [-0.25, -0.2) is 0 Å². The van der Waals surface area contributed by atoms with E-state index in [1.165, 1.54) is 12.8 Å². The van der Waals surface area contributed by atoms with Gasteiger partial charge in [0.1, 0.15) is 0 Å². The number of hydrogen-bond acceptors (Lipinski definition) is 3. The minimum absolute atomic E-state index is 0.0388. The van der Waals surface area contributed by atoms with Gasteiger partial charge in [-0.3, -0.25) is 9.59 Å². The van der Waals surface area contributed by atoms with Gasteiger partial charge in [0.2, 0.25) is 5.91 Å². The molecule has 3 rings (SSSR count). The maximum absolute atomic E-state index is 12.7. The third kappa shape index (κ3) is 4.44. The molecular weight excluding hydrogens is 326 g/mol. The Morgan fingerprint density at radius 2 is 2.04 bits per heavy atom. The molecule has 2 aliphatic rings. The first kappa shape index (κ1) is 18.9. The molecule has 2 amide bonds. The van der Waals surface area contributed by atoms with Gasteiger partial charge in [-0.05, 0) is 75.2 Å². The molecule has 5 heteroatoms. The van der Waals surface area contributed by atoms with E-state index in [4.69, 9.17) is 0 Å². The van der Waals surface area contributed by atoms with Gasteiger partial charge >= 0.3 is 0 Å². The minimum Gasteiger partial charge on any atom is -0.339 e. The zero-order chi connectivity index (χ0) is 18.5. The Morgan fingerprint density at radius 1 is 1.27 bits per heavy atom. The molecule has 2 fully saturated rings. The van der Waals surface area contributed by atoms with Crippen LogP contribution in [0.1, 0.15) is 54.9 Å². The van der Waals surface area contributed by atoms with Gasteiger partial charge < -0.3 is 15.5 Å². The molecule has 0 bridgehead atoms.